The van der Waals surface area contributed by atoms with Crippen LogP contribution < -0.4 is 22.5 Å². The van der Waals surface area contributed by atoms with Gasteiger partial charge in [-0.2, -0.15) is 0 Å². The van der Waals surface area contributed by atoms with Gasteiger partial charge in [0.25, 0.3) is 0 Å². The number of aromatic nitrogens is 1. The minimum Gasteiger partial charge on any atom is -0.444 e. The molecule has 0 aliphatic carbocycles. The third kappa shape index (κ3) is 8.11. The molecule has 0 bridgehead atoms. The van der Waals surface area contributed by atoms with Gasteiger partial charge in [-0.25, -0.2) is 9.78 Å². The lowest BCUT2D eigenvalue weighted by atomic mass is 9.67. The number of hydrogen-bond donors (Lipinski definition) is 4. The zero-order valence-corrected chi connectivity index (χ0v) is 25.9. The molecule has 1 aliphatic rings. The Kier molecular flexibility index (Phi) is 10.4. The molecule has 1 unspecified atom stereocenters. The average Bonchev–Trinajstić information content (AvgIpc) is 3.37. The summed E-state index contributed by atoms with van der Waals surface area (Å²) in [7, 11) is 0. The number of carbonyl (C=O) groups excluding carboxylic acids is 4. The van der Waals surface area contributed by atoms with Crippen molar-refractivity contribution in [2.75, 3.05) is 12.3 Å². The molecule has 1 aromatic heterocycles. The van der Waals surface area contributed by atoms with Crippen molar-refractivity contribution in [2.24, 2.45) is 16.9 Å². The summed E-state index contributed by atoms with van der Waals surface area (Å²) in [6.45, 7) is 5.49. The summed E-state index contributed by atoms with van der Waals surface area (Å²) in [6.07, 6.45) is 0.914. The van der Waals surface area contributed by atoms with E-state index in [-0.39, 0.29) is 32.4 Å². The van der Waals surface area contributed by atoms with Crippen LogP contribution in [0.5, 0.6) is 0 Å². The van der Waals surface area contributed by atoms with Crippen LogP contribution in [-0.4, -0.2) is 63.7 Å². The van der Waals surface area contributed by atoms with Crippen LogP contribution in [0.4, 0.5) is 10.6 Å². The summed E-state index contributed by atoms with van der Waals surface area (Å²) in [6, 6.07) is 18.0. The number of carbonyl (C=O) groups is 4. The molecule has 1 aliphatic heterocycles. The zero-order valence-electron chi connectivity index (χ0n) is 25.9. The Labute approximate surface area is 263 Å². The highest BCUT2D eigenvalue weighted by molar-refractivity contribution is 6.15. The number of ketones is 2. The van der Waals surface area contributed by atoms with Gasteiger partial charge in [-0.1, -0.05) is 66.7 Å². The Hall–Kier alpha value is -4.61. The Morgan fingerprint density at radius 1 is 0.933 bits per heavy atom. The van der Waals surface area contributed by atoms with E-state index < -0.39 is 52.7 Å². The van der Waals surface area contributed by atoms with Crippen LogP contribution in [-0.2, 0) is 38.5 Å². The molecule has 1 fully saturated rings. The fourth-order valence-electron chi connectivity index (χ4n) is 6.00. The molecule has 0 spiro atoms. The number of benzene rings is 2. The smallest absolute Gasteiger partial charge is 0.408 e. The summed E-state index contributed by atoms with van der Waals surface area (Å²) >= 11 is 0. The Morgan fingerprint density at radius 3 is 2.07 bits per heavy atom. The zero-order chi connectivity index (χ0) is 32.8. The van der Waals surface area contributed by atoms with Gasteiger partial charge in [0.1, 0.15) is 22.9 Å². The number of Topliss-reactive ketones (excluding diaryl/α,β-unsaturated/α-hetero) is 2. The van der Waals surface area contributed by atoms with E-state index in [4.69, 9.17) is 21.9 Å². The number of nitrogens with two attached hydrogens (primary N) is 3. The van der Waals surface area contributed by atoms with Crippen molar-refractivity contribution in [1.82, 2.24) is 15.2 Å². The van der Waals surface area contributed by atoms with Crippen molar-refractivity contribution in [3.63, 3.8) is 0 Å². The first kappa shape index (κ1) is 33.3. The molecule has 0 radical (unpaired) electrons. The summed E-state index contributed by atoms with van der Waals surface area (Å²) in [5.74, 6) is -1.77. The summed E-state index contributed by atoms with van der Waals surface area (Å²) < 4.78 is 5.49. The van der Waals surface area contributed by atoms with Crippen LogP contribution in [0.1, 0.15) is 43.9 Å². The number of anilines is 1. The second-order valence-corrected chi connectivity index (χ2v) is 12.5. The van der Waals surface area contributed by atoms with E-state index >= 15 is 0 Å². The summed E-state index contributed by atoms with van der Waals surface area (Å²) in [5, 5.41) is 2.70. The highest BCUT2D eigenvalue weighted by atomic mass is 16.6. The van der Waals surface area contributed by atoms with Gasteiger partial charge in [-0.15, -0.1) is 0 Å². The number of ether oxygens (including phenoxy) is 1. The van der Waals surface area contributed by atoms with E-state index in [1.165, 1.54) is 0 Å². The number of amides is 2. The van der Waals surface area contributed by atoms with Crippen molar-refractivity contribution < 1.29 is 23.9 Å². The maximum Gasteiger partial charge on any atom is 0.408 e. The highest BCUT2D eigenvalue weighted by Gasteiger charge is 2.62. The molecular formula is C34H42N6O5. The van der Waals surface area contributed by atoms with Crippen molar-refractivity contribution in [3.05, 3.63) is 95.7 Å². The number of nitrogen functional groups attached to an aromatic ring is 1. The van der Waals surface area contributed by atoms with E-state index in [2.05, 4.69) is 10.3 Å². The quantitative estimate of drug-likeness (QED) is 0.223. The molecule has 7 N–H and O–H groups in total. The number of nitrogens with zero attached hydrogens (tertiary/aromatic N) is 2. The molecule has 1 saturated heterocycles. The molecule has 45 heavy (non-hydrogen) atoms. The van der Waals surface area contributed by atoms with Gasteiger partial charge in [0.2, 0.25) is 5.91 Å². The van der Waals surface area contributed by atoms with Gasteiger partial charge in [-0.05, 0) is 62.8 Å². The third-order valence-electron chi connectivity index (χ3n) is 7.93. The molecule has 2 heterocycles. The molecule has 238 valence electrons. The molecule has 2 amide bonds. The van der Waals surface area contributed by atoms with E-state index in [1.54, 1.807) is 44.0 Å². The Morgan fingerprint density at radius 2 is 1.53 bits per heavy atom. The first-order valence-corrected chi connectivity index (χ1v) is 15.0. The van der Waals surface area contributed by atoms with Crippen LogP contribution >= 0.6 is 0 Å². The second kappa shape index (κ2) is 14.0. The number of primary amides is 1. The standard InChI is InChI=1S/C34H42N6O5/c1-33(2,3)45-32(44)39-26(19-23-12-8-5-9-13-23)30(42)34(29(41)25(35)18-22-10-6-4-7-11-22)16-17-40(28(34)31(37)43)21-24-14-15-27(36)38-20-24/h4-15,20,25-26,28H,16-19,21,35H2,1-3H3,(H2,36,38)(H2,37,43)(H,39,44)/t25-,26-,28+,34?/m0/s1. The van der Waals surface area contributed by atoms with Crippen molar-refractivity contribution in [2.45, 2.75) is 70.3 Å². The van der Waals surface area contributed by atoms with Gasteiger partial charge < -0.3 is 27.3 Å². The van der Waals surface area contributed by atoms with Crippen LogP contribution in [0, 0.1) is 5.41 Å². The number of rotatable bonds is 12. The normalized spacial score (nSPS) is 19.8. The van der Waals surface area contributed by atoms with Gasteiger partial charge in [0, 0.05) is 19.3 Å². The third-order valence-corrected chi connectivity index (χ3v) is 7.93. The lowest BCUT2D eigenvalue weighted by Gasteiger charge is -2.38. The molecule has 4 rings (SSSR count). The Bertz CT molecular complexity index is 1490. The van der Waals surface area contributed by atoms with Gasteiger partial charge in [-0.3, -0.25) is 19.3 Å². The molecule has 0 saturated carbocycles. The number of nitrogens with one attached hydrogen (secondary N) is 1. The van der Waals surface area contributed by atoms with E-state index in [0.717, 1.165) is 11.1 Å². The number of alkyl carbamates (subject to hydrolysis) is 1. The maximum atomic E-state index is 14.9. The highest BCUT2D eigenvalue weighted by Crippen LogP contribution is 2.42. The fourth-order valence-corrected chi connectivity index (χ4v) is 6.00. The van der Waals surface area contributed by atoms with Crippen LogP contribution in [0.15, 0.2) is 79.0 Å². The largest absolute Gasteiger partial charge is 0.444 e. The minimum atomic E-state index is -1.95. The molecule has 11 heteroatoms. The minimum absolute atomic E-state index is 0.0234. The number of likely N-dealkylation sites (tertiary alicyclic amines) is 1. The number of pyridine rings is 1. The fraction of sp³-hybridized carbons (Fsp3) is 0.382. The topological polar surface area (TPSA) is 184 Å². The van der Waals surface area contributed by atoms with Crippen LogP contribution in [0.2, 0.25) is 0 Å². The van der Waals surface area contributed by atoms with E-state index in [0.29, 0.717) is 11.4 Å². The average molecular weight is 615 g/mol. The predicted molar refractivity (Wildman–Crippen MR) is 171 cm³/mol. The first-order chi connectivity index (χ1) is 21.3. The monoisotopic (exact) mass is 614 g/mol. The second-order valence-electron chi connectivity index (χ2n) is 12.5. The van der Waals surface area contributed by atoms with Crippen LogP contribution in [0.25, 0.3) is 0 Å². The van der Waals surface area contributed by atoms with Crippen molar-refractivity contribution in [3.8, 4) is 0 Å². The first-order valence-electron chi connectivity index (χ1n) is 15.0. The summed E-state index contributed by atoms with van der Waals surface area (Å²) in [5.41, 5.74) is 17.8. The van der Waals surface area contributed by atoms with Gasteiger partial charge >= 0.3 is 6.09 Å². The summed E-state index contributed by atoms with van der Waals surface area (Å²) in [4.78, 5) is 61.7. The molecule has 3 aromatic rings. The van der Waals surface area contributed by atoms with Gasteiger partial charge in [0.05, 0.1) is 12.1 Å². The Balaban J connectivity index is 1.78. The van der Waals surface area contributed by atoms with E-state index in [9.17, 15) is 19.2 Å². The lowest BCUT2D eigenvalue weighted by Crippen LogP contribution is -2.63. The van der Waals surface area contributed by atoms with Crippen molar-refractivity contribution >= 4 is 29.4 Å². The van der Waals surface area contributed by atoms with Crippen LogP contribution in [0.3, 0.4) is 0 Å². The molecule has 11 nitrogen and oxygen atoms in total. The van der Waals surface area contributed by atoms with Crippen molar-refractivity contribution in [1.29, 1.82) is 0 Å². The predicted octanol–water partition coefficient (Wildman–Crippen LogP) is 2.55. The molecular weight excluding hydrogens is 572 g/mol. The molecule has 2 aromatic carbocycles. The van der Waals surface area contributed by atoms with Gasteiger partial charge in [0.15, 0.2) is 11.6 Å². The molecule has 4 atom stereocenters. The number of hydrogen-bond acceptors (Lipinski definition) is 9. The lowest BCUT2D eigenvalue weighted by molar-refractivity contribution is -0.149. The SMILES string of the molecule is CC(C)(C)OC(=O)N[C@@H](Cc1ccccc1)C(=O)C1(C(=O)[C@@H](N)Cc2ccccc2)CCN(Cc2ccc(N)nc2)[C@@H]1C(N)=O. The maximum absolute atomic E-state index is 14.9. The van der Waals surface area contributed by atoms with E-state index in [1.807, 2.05) is 60.7 Å².